The number of benzene rings is 1. The van der Waals surface area contributed by atoms with Gasteiger partial charge in [-0.2, -0.15) is 0 Å². The third kappa shape index (κ3) is 7.03. The Morgan fingerprint density at radius 1 is 1.04 bits per heavy atom. The highest BCUT2D eigenvalue weighted by Crippen LogP contribution is 2.21. The van der Waals surface area contributed by atoms with Crippen molar-refractivity contribution in [1.82, 2.24) is 5.32 Å². The van der Waals surface area contributed by atoms with Gasteiger partial charge in [-0.1, -0.05) is 6.42 Å². The van der Waals surface area contributed by atoms with Crippen LogP contribution in [0.5, 0.6) is 0 Å². The fraction of sp³-hybridized carbons (Fsp3) is 0.579. The first-order chi connectivity index (χ1) is 12.2. The van der Waals surface area contributed by atoms with Gasteiger partial charge in [-0.15, -0.1) is 0 Å². The van der Waals surface area contributed by atoms with Crippen molar-refractivity contribution in [2.24, 2.45) is 0 Å². The van der Waals surface area contributed by atoms with Crippen LogP contribution in [0.25, 0.3) is 0 Å². The Labute approximate surface area is 149 Å². The molecule has 1 fully saturated rings. The van der Waals surface area contributed by atoms with E-state index in [1.54, 1.807) is 0 Å². The molecule has 1 aliphatic heterocycles. The van der Waals surface area contributed by atoms with E-state index in [0.29, 0.717) is 13.0 Å². The SMILES string of the molecule is COC(=O)CCCCCNC(=O)Nc1ccc(N2CCCCC2)cc1. The number of rotatable bonds is 8. The van der Waals surface area contributed by atoms with Gasteiger partial charge in [0.15, 0.2) is 0 Å². The molecule has 6 heteroatoms. The van der Waals surface area contributed by atoms with Crippen LogP contribution in [0.2, 0.25) is 0 Å². The number of ether oxygens (including phenoxy) is 1. The van der Waals surface area contributed by atoms with Gasteiger partial charge in [-0.25, -0.2) is 4.79 Å². The van der Waals surface area contributed by atoms with Gasteiger partial charge >= 0.3 is 12.0 Å². The molecular weight excluding hydrogens is 318 g/mol. The van der Waals surface area contributed by atoms with Crippen molar-refractivity contribution in [1.29, 1.82) is 0 Å². The fourth-order valence-corrected chi connectivity index (χ4v) is 2.96. The maximum Gasteiger partial charge on any atom is 0.319 e. The van der Waals surface area contributed by atoms with E-state index in [2.05, 4.69) is 32.4 Å². The van der Waals surface area contributed by atoms with Crippen LogP contribution in [-0.4, -0.2) is 38.7 Å². The number of methoxy groups -OCH3 is 1. The van der Waals surface area contributed by atoms with Gasteiger partial charge in [0.25, 0.3) is 0 Å². The topological polar surface area (TPSA) is 70.7 Å². The lowest BCUT2D eigenvalue weighted by Gasteiger charge is -2.28. The third-order valence-corrected chi connectivity index (χ3v) is 4.42. The Morgan fingerprint density at radius 2 is 1.76 bits per heavy atom. The van der Waals surface area contributed by atoms with Gasteiger partial charge in [0.2, 0.25) is 0 Å². The van der Waals surface area contributed by atoms with E-state index in [4.69, 9.17) is 0 Å². The van der Waals surface area contributed by atoms with Crippen molar-refractivity contribution in [3.05, 3.63) is 24.3 Å². The second-order valence-corrected chi connectivity index (χ2v) is 6.36. The number of piperidine rings is 1. The lowest BCUT2D eigenvalue weighted by Crippen LogP contribution is -2.30. The van der Waals surface area contributed by atoms with Crippen LogP contribution < -0.4 is 15.5 Å². The van der Waals surface area contributed by atoms with Gasteiger partial charge in [-0.3, -0.25) is 4.79 Å². The summed E-state index contributed by atoms with van der Waals surface area (Å²) in [6.07, 6.45) is 6.78. The normalized spacial score (nSPS) is 14.0. The molecule has 25 heavy (non-hydrogen) atoms. The fourth-order valence-electron chi connectivity index (χ4n) is 2.96. The predicted molar refractivity (Wildman–Crippen MR) is 100 cm³/mol. The quantitative estimate of drug-likeness (QED) is 0.557. The molecule has 0 saturated carbocycles. The zero-order valence-corrected chi connectivity index (χ0v) is 15.1. The van der Waals surface area contributed by atoms with Gasteiger partial charge in [0.05, 0.1) is 7.11 Å². The van der Waals surface area contributed by atoms with E-state index in [1.807, 2.05) is 12.1 Å². The monoisotopic (exact) mass is 347 g/mol. The zero-order valence-electron chi connectivity index (χ0n) is 15.1. The molecule has 1 saturated heterocycles. The standard InChI is InChI=1S/C19H29N3O3/c1-25-18(23)8-4-2-5-13-20-19(24)21-16-9-11-17(12-10-16)22-14-6-3-7-15-22/h9-12H,2-8,13-15H2,1H3,(H2,20,21,24). The summed E-state index contributed by atoms with van der Waals surface area (Å²) in [6.45, 7) is 2.82. The number of urea groups is 1. The summed E-state index contributed by atoms with van der Waals surface area (Å²) in [5.41, 5.74) is 2.01. The highest BCUT2D eigenvalue weighted by molar-refractivity contribution is 5.89. The average molecular weight is 347 g/mol. The summed E-state index contributed by atoms with van der Waals surface area (Å²) >= 11 is 0. The Morgan fingerprint density at radius 3 is 2.44 bits per heavy atom. The zero-order chi connectivity index (χ0) is 17.9. The second kappa shape index (κ2) is 10.6. The number of esters is 1. The molecular formula is C19H29N3O3. The van der Waals surface area contributed by atoms with Crippen molar-refractivity contribution in [2.45, 2.75) is 44.9 Å². The van der Waals surface area contributed by atoms with Crippen LogP contribution in [0.4, 0.5) is 16.2 Å². The molecule has 0 radical (unpaired) electrons. The van der Waals surface area contributed by atoms with Crippen molar-refractivity contribution in [3.63, 3.8) is 0 Å². The molecule has 0 aromatic heterocycles. The van der Waals surface area contributed by atoms with E-state index in [-0.39, 0.29) is 12.0 Å². The summed E-state index contributed by atoms with van der Waals surface area (Å²) in [5.74, 6) is -0.182. The number of hydrogen-bond donors (Lipinski definition) is 2. The highest BCUT2D eigenvalue weighted by atomic mass is 16.5. The first-order valence-electron chi connectivity index (χ1n) is 9.16. The molecule has 2 rings (SSSR count). The maximum atomic E-state index is 11.9. The number of unbranched alkanes of at least 4 members (excludes halogenated alkanes) is 2. The summed E-state index contributed by atoms with van der Waals surface area (Å²) in [5, 5.41) is 5.68. The van der Waals surface area contributed by atoms with Crippen LogP contribution in [-0.2, 0) is 9.53 Å². The van der Waals surface area contributed by atoms with Gasteiger partial charge in [-0.05, 0) is 56.4 Å². The summed E-state index contributed by atoms with van der Waals surface area (Å²) in [7, 11) is 1.40. The minimum absolute atomic E-state index is 0.182. The van der Waals surface area contributed by atoms with Gasteiger partial charge in [0.1, 0.15) is 0 Å². The molecule has 138 valence electrons. The predicted octanol–water partition coefficient (Wildman–Crippen LogP) is 3.53. The van der Waals surface area contributed by atoms with E-state index in [1.165, 1.54) is 32.1 Å². The Kier molecular flexibility index (Phi) is 8.09. The van der Waals surface area contributed by atoms with Crippen molar-refractivity contribution in [3.8, 4) is 0 Å². The largest absolute Gasteiger partial charge is 0.469 e. The number of nitrogens with zero attached hydrogens (tertiary/aromatic N) is 1. The highest BCUT2D eigenvalue weighted by Gasteiger charge is 2.10. The molecule has 2 amide bonds. The van der Waals surface area contributed by atoms with Crippen LogP contribution >= 0.6 is 0 Å². The number of carbonyl (C=O) groups is 2. The molecule has 1 heterocycles. The Hall–Kier alpha value is -2.24. The maximum absolute atomic E-state index is 11.9. The lowest BCUT2D eigenvalue weighted by atomic mass is 10.1. The minimum atomic E-state index is -0.196. The average Bonchev–Trinajstić information content (AvgIpc) is 2.65. The van der Waals surface area contributed by atoms with Crippen LogP contribution in [0.15, 0.2) is 24.3 Å². The molecule has 1 aromatic carbocycles. The van der Waals surface area contributed by atoms with Crippen molar-refractivity contribution < 1.29 is 14.3 Å². The van der Waals surface area contributed by atoms with Crippen molar-refractivity contribution >= 4 is 23.4 Å². The first kappa shape index (κ1) is 19.1. The van der Waals surface area contributed by atoms with E-state index in [9.17, 15) is 9.59 Å². The Balaban J connectivity index is 1.62. The van der Waals surface area contributed by atoms with E-state index in [0.717, 1.165) is 38.0 Å². The third-order valence-electron chi connectivity index (χ3n) is 4.42. The summed E-state index contributed by atoms with van der Waals surface area (Å²) in [4.78, 5) is 25.2. The van der Waals surface area contributed by atoms with Crippen LogP contribution in [0.3, 0.4) is 0 Å². The molecule has 0 aliphatic carbocycles. The first-order valence-corrected chi connectivity index (χ1v) is 9.16. The van der Waals surface area contributed by atoms with E-state index >= 15 is 0 Å². The molecule has 1 aliphatic rings. The number of nitrogens with one attached hydrogen (secondary N) is 2. The molecule has 6 nitrogen and oxygen atoms in total. The molecule has 1 aromatic rings. The van der Waals surface area contributed by atoms with Gasteiger partial charge < -0.3 is 20.3 Å². The van der Waals surface area contributed by atoms with Crippen LogP contribution in [0, 0.1) is 0 Å². The minimum Gasteiger partial charge on any atom is -0.469 e. The second-order valence-electron chi connectivity index (χ2n) is 6.36. The smallest absolute Gasteiger partial charge is 0.319 e. The number of amides is 2. The number of hydrogen-bond acceptors (Lipinski definition) is 4. The summed E-state index contributed by atoms with van der Waals surface area (Å²) in [6, 6.07) is 7.82. The molecule has 0 spiro atoms. The van der Waals surface area contributed by atoms with Crippen LogP contribution in [0.1, 0.15) is 44.9 Å². The van der Waals surface area contributed by atoms with Gasteiger partial charge in [0, 0.05) is 37.4 Å². The van der Waals surface area contributed by atoms with Crippen molar-refractivity contribution in [2.75, 3.05) is 37.0 Å². The Bertz CT molecular complexity index is 539. The molecule has 2 N–H and O–H groups in total. The molecule has 0 bridgehead atoms. The van der Waals surface area contributed by atoms with E-state index < -0.39 is 0 Å². The summed E-state index contributed by atoms with van der Waals surface area (Å²) < 4.78 is 4.59. The number of anilines is 2. The molecule has 0 atom stereocenters. The lowest BCUT2D eigenvalue weighted by molar-refractivity contribution is -0.140. The number of carbonyl (C=O) groups excluding carboxylic acids is 2. The molecule has 0 unspecified atom stereocenters.